The van der Waals surface area contributed by atoms with E-state index in [-0.39, 0.29) is 0 Å². The average molecular weight is 415 g/mol. The monoisotopic (exact) mass is 415 g/mol. The van der Waals surface area contributed by atoms with Crippen LogP contribution in [0.25, 0.3) is 22.2 Å². The van der Waals surface area contributed by atoms with Gasteiger partial charge in [0.25, 0.3) is 0 Å². The molecule has 0 aliphatic rings. The molecule has 0 aliphatic heterocycles. The number of amides is 1. The Hall–Kier alpha value is -3.77. The molecule has 4 aromatic rings. The van der Waals surface area contributed by atoms with Crippen molar-refractivity contribution in [2.75, 3.05) is 19.5 Å². The minimum atomic E-state index is -0.509. The molecule has 1 amide bonds. The molecule has 158 valence electrons. The number of anilines is 1. The number of ether oxygens (including phenoxy) is 2. The molecule has 3 aromatic carbocycles. The van der Waals surface area contributed by atoms with Gasteiger partial charge in [-0.15, -0.1) is 0 Å². The topological polar surface area (TPSA) is 78.5 Å². The molecule has 6 heteroatoms. The Kier molecular flexibility index (Phi) is 5.91. The Morgan fingerprint density at radius 1 is 1.00 bits per heavy atom. The van der Waals surface area contributed by atoms with Gasteiger partial charge in [0.2, 0.25) is 0 Å². The van der Waals surface area contributed by atoms with Crippen molar-refractivity contribution in [3.63, 3.8) is 0 Å². The van der Waals surface area contributed by atoms with Crippen molar-refractivity contribution in [2.45, 2.75) is 13.1 Å². The SMILES string of the molecule is COC(=O)Nc1cccc(-c2c(CN)c3ccc(OC)cc3n2Cc2ccccc2)c1. The highest BCUT2D eigenvalue weighted by molar-refractivity contribution is 5.94. The van der Waals surface area contributed by atoms with Gasteiger partial charge in [0.1, 0.15) is 5.75 Å². The van der Waals surface area contributed by atoms with Crippen LogP contribution in [0.3, 0.4) is 0 Å². The largest absolute Gasteiger partial charge is 0.497 e. The summed E-state index contributed by atoms with van der Waals surface area (Å²) in [6.45, 7) is 1.06. The number of nitrogens with zero attached hydrogens (tertiary/aromatic N) is 1. The van der Waals surface area contributed by atoms with Crippen molar-refractivity contribution in [2.24, 2.45) is 5.73 Å². The third kappa shape index (κ3) is 4.11. The number of hydrogen-bond acceptors (Lipinski definition) is 4. The van der Waals surface area contributed by atoms with Crippen molar-refractivity contribution >= 4 is 22.7 Å². The zero-order valence-electron chi connectivity index (χ0n) is 17.6. The summed E-state index contributed by atoms with van der Waals surface area (Å²) in [6, 6.07) is 24.0. The first-order valence-electron chi connectivity index (χ1n) is 10.0. The summed E-state index contributed by atoms with van der Waals surface area (Å²) in [4.78, 5) is 11.7. The molecule has 1 aromatic heterocycles. The molecule has 0 aliphatic carbocycles. The van der Waals surface area contributed by atoms with Crippen LogP contribution in [0.4, 0.5) is 10.5 Å². The van der Waals surface area contributed by atoms with Gasteiger partial charge in [-0.2, -0.15) is 0 Å². The second-order valence-electron chi connectivity index (χ2n) is 7.18. The van der Waals surface area contributed by atoms with Gasteiger partial charge < -0.3 is 19.8 Å². The highest BCUT2D eigenvalue weighted by Gasteiger charge is 2.19. The Bertz CT molecular complexity index is 1220. The molecule has 0 bridgehead atoms. The maximum absolute atomic E-state index is 11.7. The fraction of sp³-hybridized carbons (Fsp3) is 0.160. The van der Waals surface area contributed by atoms with E-state index in [9.17, 15) is 4.79 Å². The van der Waals surface area contributed by atoms with E-state index in [4.69, 9.17) is 15.2 Å². The molecule has 0 fully saturated rings. The first kappa shape index (κ1) is 20.5. The number of carbonyl (C=O) groups is 1. The van der Waals surface area contributed by atoms with Gasteiger partial charge in [-0.3, -0.25) is 5.32 Å². The molecular formula is C25H25N3O3. The number of nitrogens with two attached hydrogens (primary N) is 1. The standard InChI is InChI=1S/C25H25N3O3/c1-30-20-11-12-21-22(15-26)24(18-9-6-10-19(13-18)27-25(29)31-2)28(23(21)14-20)16-17-7-4-3-5-8-17/h3-14H,15-16,26H2,1-2H3,(H,27,29). The van der Waals surface area contributed by atoms with Gasteiger partial charge >= 0.3 is 6.09 Å². The number of benzene rings is 3. The molecule has 0 saturated heterocycles. The maximum Gasteiger partial charge on any atom is 0.411 e. The molecule has 4 rings (SSSR count). The fourth-order valence-electron chi connectivity index (χ4n) is 3.91. The van der Waals surface area contributed by atoms with E-state index < -0.39 is 6.09 Å². The maximum atomic E-state index is 11.7. The minimum absolute atomic E-state index is 0.384. The van der Waals surface area contributed by atoms with E-state index >= 15 is 0 Å². The normalized spacial score (nSPS) is 10.8. The molecule has 0 atom stereocenters. The summed E-state index contributed by atoms with van der Waals surface area (Å²) >= 11 is 0. The number of aromatic nitrogens is 1. The third-order valence-electron chi connectivity index (χ3n) is 5.33. The lowest BCUT2D eigenvalue weighted by Crippen LogP contribution is -2.11. The predicted octanol–water partition coefficient (Wildman–Crippen LogP) is 5.00. The first-order valence-corrected chi connectivity index (χ1v) is 10.0. The van der Waals surface area contributed by atoms with Crippen LogP contribution in [0.1, 0.15) is 11.1 Å². The lowest BCUT2D eigenvalue weighted by atomic mass is 10.0. The molecule has 31 heavy (non-hydrogen) atoms. The number of nitrogens with one attached hydrogen (secondary N) is 1. The second-order valence-corrected chi connectivity index (χ2v) is 7.18. The lowest BCUT2D eigenvalue weighted by Gasteiger charge is -2.14. The van der Waals surface area contributed by atoms with Crippen LogP contribution >= 0.6 is 0 Å². The Morgan fingerprint density at radius 2 is 1.81 bits per heavy atom. The molecule has 0 spiro atoms. The van der Waals surface area contributed by atoms with Gasteiger partial charge in [-0.25, -0.2) is 4.79 Å². The van der Waals surface area contributed by atoms with E-state index in [1.54, 1.807) is 7.11 Å². The average Bonchev–Trinajstić information content (AvgIpc) is 3.12. The minimum Gasteiger partial charge on any atom is -0.497 e. The highest BCUT2D eigenvalue weighted by atomic mass is 16.5. The van der Waals surface area contributed by atoms with Crippen LogP contribution in [-0.4, -0.2) is 24.9 Å². The third-order valence-corrected chi connectivity index (χ3v) is 5.33. The van der Waals surface area contributed by atoms with Crippen molar-refractivity contribution < 1.29 is 14.3 Å². The van der Waals surface area contributed by atoms with E-state index in [0.717, 1.165) is 33.5 Å². The van der Waals surface area contributed by atoms with Gasteiger partial charge in [-0.05, 0) is 35.4 Å². The van der Waals surface area contributed by atoms with E-state index in [2.05, 4.69) is 28.1 Å². The summed E-state index contributed by atoms with van der Waals surface area (Å²) in [5.74, 6) is 0.788. The van der Waals surface area contributed by atoms with Crippen LogP contribution < -0.4 is 15.8 Å². The van der Waals surface area contributed by atoms with Crippen LogP contribution in [0.2, 0.25) is 0 Å². The molecule has 0 unspecified atom stereocenters. The van der Waals surface area contributed by atoms with Crippen molar-refractivity contribution in [1.82, 2.24) is 4.57 Å². The van der Waals surface area contributed by atoms with Crippen LogP contribution in [0.15, 0.2) is 72.8 Å². The van der Waals surface area contributed by atoms with Crippen LogP contribution in [-0.2, 0) is 17.8 Å². The molecule has 0 radical (unpaired) electrons. The molecular weight excluding hydrogens is 390 g/mol. The number of rotatable bonds is 6. The summed E-state index contributed by atoms with van der Waals surface area (Å²) in [5, 5.41) is 3.82. The zero-order valence-corrected chi connectivity index (χ0v) is 17.6. The summed E-state index contributed by atoms with van der Waals surface area (Å²) in [5.41, 5.74) is 12.1. The Morgan fingerprint density at radius 3 is 2.52 bits per heavy atom. The Labute approximate surface area is 181 Å². The molecule has 3 N–H and O–H groups in total. The van der Waals surface area contributed by atoms with E-state index in [1.807, 2.05) is 54.6 Å². The van der Waals surface area contributed by atoms with Gasteiger partial charge in [-0.1, -0.05) is 42.5 Å². The quantitative estimate of drug-likeness (QED) is 0.464. The molecule has 0 saturated carbocycles. The smallest absolute Gasteiger partial charge is 0.411 e. The fourth-order valence-corrected chi connectivity index (χ4v) is 3.91. The summed E-state index contributed by atoms with van der Waals surface area (Å²) < 4.78 is 12.5. The first-order chi connectivity index (χ1) is 15.1. The summed E-state index contributed by atoms with van der Waals surface area (Å²) in [6.07, 6.45) is -0.509. The van der Waals surface area contributed by atoms with Crippen LogP contribution in [0.5, 0.6) is 5.75 Å². The van der Waals surface area contributed by atoms with E-state index in [1.165, 1.54) is 12.7 Å². The molecule has 1 heterocycles. The highest BCUT2D eigenvalue weighted by Crippen LogP contribution is 2.37. The van der Waals surface area contributed by atoms with Crippen molar-refractivity contribution in [3.05, 3.63) is 83.9 Å². The number of methoxy groups -OCH3 is 2. The lowest BCUT2D eigenvalue weighted by molar-refractivity contribution is 0.187. The van der Waals surface area contributed by atoms with Crippen molar-refractivity contribution in [1.29, 1.82) is 0 Å². The Balaban J connectivity index is 1.94. The molecule has 6 nitrogen and oxygen atoms in total. The van der Waals surface area contributed by atoms with Gasteiger partial charge in [0, 0.05) is 35.8 Å². The number of hydrogen-bond donors (Lipinski definition) is 2. The van der Waals surface area contributed by atoms with Crippen LogP contribution in [0, 0.1) is 0 Å². The summed E-state index contributed by atoms with van der Waals surface area (Å²) in [7, 11) is 3.01. The predicted molar refractivity (Wildman–Crippen MR) is 123 cm³/mol. The van der Waals surface area contributed by atoms with Crippen molar-refractivity contribution in [3.8, 4) is 17.0 Å². The van der Waals surface area contributed by atoms with Gasteiger partial charge in [0.05, 0.1) is 25.4 Å². The number of fused-ring (bicyclic) bond motifs is 1. The van der Waals surface area contributed by atoms with E-state index in [0.29, 0.717) is 18.8 Å². The zero-order chi connectivity index (χ0) is 21.8. The second kappa shape index (κ2) is 8.93. The van der Waals surface area contributed by atoms with Gasteiger partial charge in [0.15, 0.2) is 0 Å². The number of carbonyl (C=O) groups excluding carboxylic acids is 1.